The van der Waals surface area contributed by atoms with Gasteiger partial charge in [-0.25, -0.2) is 0 Å². The van der Waals surface area contributed by atoms with Crippen molar-refractivity contribution >= 4 is 34.3 Å². The van der Waals surface area contributed by atoms with Crippen molar-refractivity contribution in [1.29, 1.82) is 0 Å². The average Bonchev–Trinajstić information content (AvgIpc) is 3.76. The van der Waals surface area contributed by atoms with E-state index in [1.54, 1.807) is 32.4 Å². The molecular formula is C30H30N6O3. The summed E-state index contributed by atoms with van der Waals surface area (Å²) in [6.07, 6.45) is 11.2. The zero-order valence-electron chi connectivity index (χ0n) is 22.0. The first-order chi connectivity index (χ1) is 19.1. The maximum Gasteiger partial charge on any atom is 0.251 e. The molecule has 4 aromatic rings. The molecule has 0 bridgehead atoms. The van der Waals surface area contributed by atoms with Crippen LogP contribution in [0.4, 0.5) is 11.6 Å². The number of aromatic nitrogens is 3. The molecule has 198 valence electrons. The van der Waals surface area contributed by atoms with Gasteiger partial charge in [0.15, 0.2) is 0 Å². The number of aromatic amines is 1. The lowest BCUT2D eigenvalue weighted by molar-refractivity contribution is 0.0962. The number of anilines is 2. The number of carbonyl (C=O) groups excluding carboxylic acids is 1. The van der Waals surface area contributed by atoms with Crippen LogP contribution in [-0.4, -0.2) is 46.8 Å². The molecule has 1 aliphatic carbocycles. The molecule has 3 heterocycles. The number of ether oxygens (including phenoxy) is 2. The fraction of sp³-hybridized carbons (Fsp3) is 0.267. The molecule has 9 nitrogen and oxygen atoms in total. The highest BCUT2D eigenvalue weighted by atomic mass is 16.5. The second kappa shape index (κ2) is 10.6. The van der Waals surface area contributed by atoms with Crippen LogP contribution in [-0.2, 0) is 0 Å². The number of H-pyrrole nitrogens is 1. The van der Waals surface area contributed by atoms with Gasteiger partial charge in [-0.3, -0.25) is 9.79 Å². The lowest BCUT2D eigenvalue weighted by Gasteiger charge is -2.16. The number of benzene rings is 2. The normalized spacial score (nSPS) is 15.0. The monoisotopic (exact) mass is 522 g/mol. The SMILES string of the molecule is CNC(=O)c1ccc(Nc2nc(OC3CCCC3)c3c(-c4ccc(C5=NC=CC5)cc4)c[nH]c3n2)c(OC)c1. The van der Waals surface area contributed by atoms with E-state index in [0.717, 1.165) is 59.9 Å². The predicted molar refractivity (Wildman–Crippen MR) is 152 cm³/mol. The Morgan fingerprint density at radius 1 is 1.05 bits per heavy atom. The van der Waals surface area contributed by atoms with Crippen molar-refractivity contribution in [2.75, 3.05) is 19.5 Å². The Hall–Kier alpha value is -4.66. The molecule has 0 radical (unpaired) electrons. The largest absolute Gasteiger partial charge is 0.495 e. The first kappa shape index (κ1) is 24.7. The molecule has 1 fully saturated rings. The van der Waals surface area contributed by atoms with E-state index >= 15 is 0 Å². The van der Waals surface area contributed by atoms with E-state index in [2.05, 4.69) is 51.0 Å². The molecule has 1 aliphatic heterocycles. The number of nitrogens with zero attached hydrogens (tertiary/aromatic N) is 3. The van der Waals surface area contributed by atoms with Gasteiger partial charge < -0.3 is 25.1 Å². The van der Waals surface area contributed by atoms with Crippen LogP contribution >= 0.6 is 0 Å². The van der Waals surface area contributed by atoms with Crippen molar-refractivity contribution in [3.05, 3.63) is 72.1 Å². The third-order valence-electron chi connectivity index (χ3n) is 7.19. The first-order valence-electron chi connectivity index (χ1n) is 13.2. The summed E-state index contributed by atoms with van der Waals surface area (Å²) in [7, 11) is 3.15. The number of aliphatic imine (C=N–C) groups is 1. The van der Waals surface area contributed by atoms with E-state index in [4.69, 9.17) is 19.4 Å². The van der Waals surface area contributed by atoms with Crippen LogP contribution in [0, 0.1) is 0 Å². The minimum absolute atomic E-state index is 0.121. The van der Waals surface area contributed by atoms with Crippen LogP contribution in [0.2, 0.25) is 0 Å². The van der Waals surface area contributed by atoms with Crippen molar-refractivity contribution in [1.82, 2.24) is 20.3 Å². The lowest BCUT2D eigenvalue weighted by atomic mass is 10.0. The molecule has 0 atom stereocenters. The zero-order valence-corrected chi connectivity index (χ0v) is 22.0. The molecule has 2 aromatic heterocycles. The van der Waals surface area contributed by atoms with Crippen molar-refractivity contribution in [2.45, 2.75) is 38.2 Å². The number of fused-ring (bicyclic) bond motifs is 1. The Labute approximate surface area is 226 Å². The third kappa shape index (κ3) is 4.95. The fourth-order valence-corrected chi connectivity index (χ4v) is 5.13. The second-order valence-electron chi connectivity index (χ2n) is 9.66. The summed E-state index contributed by atoms with van der Waals surface area (Å²) in [5.41, 5.74) is 6.03. The number of carbonyl (C=O) groups is 1. The molecule has 1 saturated carbocycles. The molecule has 39 heavy (non-hydrogen) atoms. The van der Waals surface area contributed by atoms with Gasteiger partial charge in [-0.2, -0.15) is 9.97 Å². The van der Waals surface area contributed by atoms with Crippen LogP contribution in [0.5, 0.6) is 11.6 Å². The Morgan fingerprint density at radius 2 is 1.85 bits per heavy atom. The van der Waals surface area contributed by atoms with Crippen LogP contribution in [0.15, 0.2) is 65.9 Å². The van der Waals surface area contributed by atoms with Gasteiger partial charge in [0.1, 0.15) is 17.5 Å². The maximum atomic E-state index is 12.1. The Balaban J connectivity index is 1.37. The van der Waals surface area contributed by atoms with Gasteiger partial charge in [-0.05, 0) is 55.0 Å². The quantitative estimate of drug-likeness (QED) is 0.271. The smallest absolute Gasteiger partial charge is 0.251 e. The third-order valence-corrected chi connectivity index (χ3v) is 7.19. The van der Waals surface area contributed by atoms with Crippen LogP contribution in [0.25, 0.3) is 22.2 Å². The zero-order chi connectivity index (χ0) is 26.8. The molecule has 1 amide bonds. The topological polar surface area (TPSA) is 114 Å². The molecule has 9 heteroatoms. The van der Waals surface area contributed by atoms with E-state index in [9.17, 15) is 4.79 Å². The molecule has 0 unspecified atom stereocenters. The van der Waals surface area contributed by atoms with Crippen LogP contribution < -0.4 is 20.1 Å². The predicted octanol–water partition coefficient (Wildman–Crippen LogP) is 5.76. The number of nitrogens with one attached hydrogen (secondary N) is 3. The van der Waals surface area contributed by atoms with Gasteiger partial charge in [-0.15, -0.1) is 0 Å². The molecular weight excluding hydrogens is 492 g/mol. The van der Waals surface area contributed by atoms with E-state index in [1.165, 1.54) is 0 Å². The number of amides is 1. The summed E-state index contributed by atoms with van der Waals surface area (Å²) in [5, 5.41) is 6.73. The van der Waals surface area contributed by atoms with Crippen molar-refractivity contribution < 1.29 is 14.3 Å². The highest BCUT2D eigenvalue weighted by Crippen LogP contribution is 2.37. The highest BCUT2D eigenvalue weighted by molar-refractivity contribution is 6.04. The van der Waals surface area contributed by atoms with Crippen LogP contribution in [0.1, 0.15) is 48.0 Å². The highest BCUT2D eigenvalue weighted by Gasteiger charge is 2.23. The summed E-state index contributed by atoms with van der Waals surface area (Å²) in [6, 6.07) is 13.6. The number of allylic oxidation sites excluding steroid dienone is 1. The summed E-state index contributed by atoms with van der Waals surface area (Å²) in [6.45, 7) is 0. The van der Waals surface area contributed by atoms with E-state index < -0.39 is 0 Å². The number of methoxy groups -OCH3 is 1. The summed E-state index contributed by atoms with van der Waals surface area (Å²) >= 11 is 0. The molecule has 3 N–H and O–H groups in total. The second-order valence-corrected chi connectivity index (χ2v) is 9.66. The Morgan fingerprint density at radius 3 is 2.56 bits per heavy atom. The van der Waals surface area contributed by atoms with E-state index in [0.29, 0.717) is 34.5 Å². The van der Waals surface area contributed by atoms with E-state index in [-0.39, 0.29) is 12.0 Å². The molecule has 2 aliphatic rings. The summed E-state index contributed by atoms with van der Waals surface area (Å²) < 4.78 is 12.0. The van der Waals surface area contributed by atoms with Crippen LogP contribution in [0.3, 0.4) is 0 Å². The molecule has 0 spiro atoms. The standard InChI is InChI=1S/C30H30N6O3/c1-31-28(37)20-13-14-24(25(16-20)38-2)34-30-35-27-26(29(36-30)39-21-6-3-4-7-21)22(17-33-27)18-9-11-19(12-10-18)23-8-5-15-32-23/h5,9-17,21H,3-4,6-8H2,1-2H3,(H,31,37)(H2,33,34,35,36). The molecule has 2 aromatic carbocycles. The first-order valence-corrected chi connectivity index (χ1v) is 13.2. The Kier molecular flexibility index (Phi) is 6.71. The summed E-state index contributed by atoms with van der Waals surface area (Å²) in [4.78, 5) is 29.4. The lowest BCUT2D eigenvalue weighted by Crippen LogP contribution is -2.17. The van der Waals surface area contributed by atoms with Crippen molar-refractivity contribution in [3.63, 3.8) is 0 Å². The summed E-state index contributed by atoms with van der Waals surface area (Å²) in [5.74, 6) is 1.23. The van der Waals surface area contributed by atoms with Gasteiger partial charge in [0.2, 0.25) is 11.8 Å². The van der Waals surface area contributed by atoms with Crippen molar-refractivity contribution in [3.8, 4) is 22.8 Å². The number of hydrogen-bond acceptors (Lipinski definition) is 7. The van der Waals surface area contributed by atoms with Crippen molar-refractivity contribution in [2.24, 2.45) is 4.99 Å². The number of rotatable bonds is 8. The molecule has 0 saturated heterocycles. The fourth-order valence-electron chi connectivity index (χ4n) is 5.13. The molecule has 6 rings (SSSR count). The van der Waals surface area contributed by atoms with Gasteiger partial charge in [0.25, 0.3) is 5.91 Å². The minimum Gasteiger partial charge on any atom is -0.495 e. The van der Waals surface area contributed by atoms with Gasteiger partial charge >= 0.3 is 0 Å². The maximum absolute atomic E-state index is 12.1. The van der Waals surface area contributed by atoms with Gasteiger partial charge in [0, 0.05) is 37.0 Å². The minimum atomic E-state index is -0.190. The average molecular weight is 523 g/mol. The number of hydrogen-bond donors (Lipinski definition) is 3. The Bertz CT molecular complexity index is 1580. The van der Waals surface area contributed by atoms with Gasteiger partial charge in [0.05, 0.1) is 23.9 Å². The van der Waals surface area contributed by atoms with E-state index in [1.807, 2.05) is 12.4 Å². The van der Waals surface area contributed by atoms with Gasteiger partial charge in [-0.1, -0.05) is 30.3 Å².